The van der Waals surface area contributed by atoms with E-state index in [-0.39, 0.29) is 17.2 Å². The van der Waals surface area contributed by atoms with Crippen molar-refractivity contribution in [1.82, 2.24) is 14.9 Å². The van der Waals surface area contributed by atoms with Crippen LogP contribution in [0.25, 0.3) is 10.9 Å². The van der Waals surface area contributed by atoms with Crippen LogP contribution in [0.3, 0.4) is 0 Å². The lowest BCUT2D eigenvalue weighted by atomic mass is 10.0. The fourth-order valence-corrected chi connectivity index (χ4v) is 4.27. The van der Waals surface area contributed by atoms with E-state index in [9.17, 15) is 14.0 Å². The molecule has 2 heterocycles. The quantitative estimate of drug-likeness (QED) is 0.874. The molecular weight excluding hydrogens is 335 g/mol. The Hall–Kier alpha value is -2.15. The summed E-state index contributed by atoms with van der Waals surface area (Å²) in [5, 5.41) is 3.53. The van der Waals surface area contributed by atoms with E-state index >= 15 is 0 Å². The van der Waals surface area contributed by atoms with Crippen LogP contribution in [0.1, 0.15) is 37.8 Å². The van der Waals surface area contributed by atoms with Gasteiger partial charge in [0.05, 0.1) is 16.6 Å². The lowest BCUT2D eigenvalue weighted by molar-refractivity contribution is 0.428. The van der Waals surface area contributed by atoms with Gasteiger partial charge in [-0.25, -0.2) is 9.18 Å². The number of aromatic nitrogens is 2. The van der Waals surface area contributed by atoms with Crippen molar-refractivity contribution in [1.29, 1.82) is 0 Å². The molecule has 7 heteroatoms. The molecule has 1 unspecified atom stereocenters. The van der Waals surface area contributed by atoms with E-state index in [1.54, 1.807) is 4.57 Å². The minimum absolute atomic E-state index is 0.106. The van der Waals surface area contributed by atoms with E-state index < -0.39 is 11.2 Å². The Labute approximate surface area is 151 Å². The normalized spacial score (nSPS) is 21.5. The molecule has 140 valence electrons. The van der Waals surface area contributed by atoms with Gasteiger partial charge in [0.15, 0.2) is 0 Å². The SMILES string of the molecule is CN[C@H](C)C1CCN(c2c(F)cc3c(=O)[nH]c(=O)n(C4CC4)c3c2C)C1. The maximum Gasteiger partial charge on any atom is 0.329 e. The number of halogens is 1. The van der Waals surface area contributed by atoms with Crippen molar-refractivity contribution in [2.75, 3.05) is 25.0 Å². The molecule has 2 fully saturated rings. The average Bonchev–Trinajstić information content (AvgIpc) is 3.32. The van der Waals surface area contributed by atoms with Crippen molar-refractivity contribution in [2.24, 2.45) is 5.92 Å². The number of fused-ring (bicyclic) bond motifs is 1. The average molecular weight is 360 g/mol. The van der Waals surface area contributed by atoms with Gasteiger partial charge in [0, 0.05) is 30.7 Å². The first-order chi connectivity index (χ1) is 12.4. The van der Waals surface area contributed by atoms with Crippen LogP contribution in [0.4, 0.5) is 10.1 Å². The molecule has 0 amide bonds. The molecule has 1 aliphatic heterocycles. The fourth-order valence-electron chi connectivity index (χ4n) is 4.27. The fraction of sp³-hybridized carbons (Fsp3) is 0.579. The minimum atomic E-state index is -0.515. The molecule has 1 aliphatic carbocycles. The van der Waals surface area contributed by atoms with Crippen molar-refractivity contribution < 1.29 is 4.39 Å². The van der Waals surface area contributed by atoms with E-state index in [0.29, 0.717) is 28.7 Å². The second-order valence-electron chi connectivity index (χ2n) is 7.66. The lowest BCUT2D eigenvalue weighted by Crippen LogP contribution is -2.33. The molecule has 2 aromatic rings. The Kier molecular flexibility index (Phi) is 4.14. The van der Waals surface area contributed by atoms with Gasteiger partial charge in [-0.3, -0.25) is 14.3 Å². The van der Waals surface area contributed by atoms with Crippen LogP contribution < -0.4 is 21.5 Å². The van der Waals surface area contributed by atoms with Crippen molar-refractivity contribution in [3.05, 3.63) is 38.3 Å². The highest BCUT2D eigenvalue weighted by Gasteiger charge is 2.32. The van der Waals surface area contributed by atoms with Crippen LogP contribution in [-0.4, -0.2) is 35.7 Å². The number of aryl methyl sites for hydroxylation is 1. The number of hydrogen-bond donors (Lipinski definition) is 2. The van der Waals surface area contributed by atoms with Gasteiger partial charge in [0.25, 0.3) is 5.56 Å². The summed E-state index contributed by atoms with van der Waals surface area (Å²) in [5.41, 5.74) is 0.894. The van der Waals surface area contributed by atoms with Crippen LogP contribution in [0.15, 0.2) is 15.7 Å². The highest BCUT2D eigenvalue weighted by Crippen LogP contribution is 2.39. The third kappa shape index (κ3) is 2.65. The van der Waals surface area contributed by atoms with Gasteiger partial charge in [0.1, 0.15) is 5.82 Å². The summed E-state index contributed by atoms with van der Waals surface area (Å²) < 4.78 is 16.6. The number of aromatic amines is 1. The van der Waals surface area contributed by atoms with Crippen molar-refractivity contribution in [3.63, 3.8) is 0 Å². The maximum absolute atomic E-state index is 15.0. The molecule has 2 atom stereocenters. The second-order valence-corrected chi connectivity index (χ2v) is 7.66. The molecule has 0 spiro atoms. The van der Waals surface area contributed by atoms with Crippen molar-refractivity contribution >= 4 is 16.6 Å². The van der Waals surface area contributed by atoms with Crippen molar-refractivity contribution in [2.45, 2.75) is 45.2 Å². The smallest absolute Gasteiger partial charge is 0.329 e. The summed E-state index contributed by atoms with van der Waals surface area (Å²) >= 11 is 0. The highest BCUT2D eigenvalue weighted by molar-refractivity contribution is 5.87. The zero-order valence-corrected chi connectivity index (χ0v) is 15.4. The first kappa shape index (κ1) is 17.3. The number of nitrogens with one attached hydrogen (secondary N) is 2. The van der Waals surface area contributed by atoms with Gasteiger partial charge >= 0.3 is 5.69 Å². The zero-order valence-electron chi connectivity index (χ0n) is 15.4. The van der Waals surface area contributed by atoms with Crippen LogP contribution >= 0.6 is 0 Å². The molecule has 1 aromatic heterocycles. The summed E-state index contributed by atoms with van der Waals surface area (Å²) in [7, 11) is 1.94. The molecule has 2 aliphatic rings. The van der Waals surface area contributed by atoms with Gasteiger partial charge in [-0.15, -0.1) is 0 Å². The van der Waals surface area contributed by atoms with E-state index in [0.717, 1.165) is 32.4 Å². The Morgan fingerprint density at radius 3 is 2.69 bits per heavy atom. The van der Waals surface area contributed by atoms with Crippen LogP contribution in [0, 0.1) is 18.7 Å². The van der Waals surface area contributed by atoms with Gasteiger partial charge in [0.2, 0.25) is 0 Å². The van der Waals surface area contributed by atoms with Gasteiger partial charge in [-0.1, -0.05) is 0 Å². The molecule has 1 aromatic carbocycles. The number of anilines is 1. The summed E-state index contributed by atoms with van der Waals surface area (Å²) in [6.07, 6.45) is 2.82. The third-order valence-corrected chi connectivity index (χ3v) is 6.00. The summed E-state index contributed by atoms with van der Waals surface area (Å²) in [4.78, 5) is 29.0. The van der Waals surface area contributed by atoms with E-state index in [4.69, 9.17) is 0 Å². The molecule has 4 rings (SSSR count). The molecule has 1 saturated heterocycles. The van der Waals surface area contributed by atoms with E-state index in [1.165, 1.54) is 6.07 Å². The molecule has 0 radical (unpaired) electrons. The number of H-pyrrole nitrogens is 1. The Balaban J connectivity index is 1.88. The number of hydrogen-bond acceptors (Lipinski definition) is 4. The standard InChI is InChI=1S/C19H25FN4O2/c1-10-16-14(18(25)22-19(26)24(16)13-4-5-13)8-15(20)17(10)23-7-6-12(9-23)11(2)21-3/h8,11-13,21H,4-7,9H2,1-3H3,(H,22,25,26)/t11-,12?/m1/s1. The number of nitrogens with zero attached hydrogens (tertiary/aromatic N) is 2. The van der Waals surface area contributed by atoms with Crippen LogP contribution in [0.2, 0.25) is 0 Å². The summed E-state index contributed by atoms with van der Waals surface area (Å²) in [6.45, 7) is 5.51. The topological polar surface area (TPSA) is 70.1 Å². The number of benzene rings is 1. The van der Waals surface area contributed by atoms with Crippen LogP contribution in [0.5, 0.6) is 0 Å². The lowest BCUT2D eigenvalue weighted by Gasteiger charge is -2.25. The van der Waals surface area contributed by atoms with E-state index in [2.05, 4.69) is 22.1 Å². The first-order valence-corrected chi connectivity index (χ1v) is 9.32. The number of rotatable bonds is 4. The summed E-state index contributed by atoms with van der Waals surface area (Å²) in [5.74, 6) is 0.0542. The van der Waals surface area contributed by atoms with Crippen LogP contribution in [-0.2, 0) is 0 Å². The molecule has 0 bridgehead atoms. The maximum atomic E-state index is 15.0. The molecule has 2 N–H and O–H groups in total. The monoisotopic (exact) mass is 360 g/mol. The Morgan fingerprint density at radius 2 is 2.04 bits per heavy atom. The van der Waals surface area contributed by atoms with Gasteiger partial charge in [-0.05, 0) is 52.1 Å². The molecule has 6 nitrogen and oxygen atoms in total. The minimum Gasteiger partial charge on any atom is -0.369 e. The third-order valence-electron chi connectivity index (χ3n) is 6.00. The predicted octanol–water partition coefficient (Wildman–Crippen LogP) is 1.91. The van der Waals surface area contributed by atoms with Gasteiger partial charge in [-0.2, -0.15) is 0 Å². The Morgan fingerprint density at radius 1 is 1.31 bits per heavy atom. The van der Waals surface area contributed by atoms with Gasteiger partial charge < -0.3 is 10.2 Å². The Bertz CT molecular complexity index is 976. The zero-order chi connectivity index (χ0) is 18.6. The van der Waals surface area contributed by atoms with Crippen molar-refractivity contribution in [3.8, 4) is 0 Å². The summed E-state index contributed by atoms with van der Waals surface area (Å²) in [6, 6.07) is 1.76. The largest absolute Gasteiger partial charge is 0.369 e. The first-order valence-electron chi connectivity index (χ1n) is 9.32. The predicted molar refractivity (Wildman–Crippen MR) is 101 cm³/mol. The molecular formula is C19H25FN4O2. The van der Waals surface area contributed by atoms with E-state index in [1.807, 2.05) is 14.0 Å². The molecule has 26 heavy (non-hydrogen) atoms. The highest BCUT2D eigenvalue weighted by atomic mass is 19.1. The second kappa shape index (κ2) is 6.23. The molecule has 1 saturated carbocycles.